The number of fused-ring (bicyclic) bond motifs is 2. The Morgan fingerprint density at radius 1 is 1.28 bits per heavy atom. The molecule has 2 aromatic heterocycles. The third-order valence-corrected chi connectivity index (χ3v) is 6.30. The van der Waals surface area contributed by atoms with Crippen molar-refractivity contribution in [1.82, 2.24) is 14.9 Å². The monoisotopic (exact) mass is 413 g/mol. The molecule has 0 saturated heterocycles. The van der Waals surface area contributed by atoms with Crippen molar-refractivity contribution < 1.29 is 14.3 Å². The van der Waals surface area contributed by atoms with Crippen LogP contribution in [0.1, 0.15) is 32.2 Å². The van der Waals surface area contributed by atoms with Crippen LogP contribution in [0.2, 0.25) is 0 Å². The van der Waals surface area contributed by atoms with Crippen molar-refractivity contribution in [3.8, 4) is 0 Å². The number of aromatic amines is 1. The maximum absolute atomic E-state index is 12.7. The van der Waals surface area contributed by atoms with Gasteiger partial charge in [0.2, 0.25) is 0 Å². The summed E-state index contributed by atoms with van der Waals surface area (Å²) < 4.78 is 10.1. The number of hydrogen-bond acceptors (Lipinski definition) is 7. The molecule has 152 valence electrons. The average Bonchev–Trinajstić information content (AvgIpc) is 3.05. The fraction of sp³-hybridized carbons (Fsp3) is 0.381. The Hall–Kier alpha value is -2.55. The summed E-state index contributed by atoms with van der Waals surface area (Å²) in [6.07, 6.45) is 0.984. The largest absolute Gasteiger partial charge is 0.459 e. The summed E-state index contributed by atoms with van der Waals surface area (Å²) in [5.74, 6) is 0.165. The van der Waals surface area contributed by atoms with Crippen molar-refractivity contribution >= 4 is 27.5 Å². The van der Waals surface area contributed by atoms with Crippen LogP contribution in [0.3, 0.4) is 0 Å². The molecule has 0 bridgehead atoms. The normalized spacial score (nSPS) is 14.1. The van der Waals surface area contributed by atoms with E-state index in [1.54, 1.807) is 14.0 Å². The van der Waals surface area contributed by atoms with Gasteiger partial charge in [-0.15, -0.1) is 11.3 Å². The molecule has 1 aromatic carbocycles. The van der Waals surface area contributed by atoms with Crippen LogP contribution >= 0.6 is 11.3 Å². The second-order valence-corrected chi connectivity index (χ2v) is 8.11. The Balaban J connectivity index is 1.56. The molecule has 3 aromatic rings. The molecule has 0 fully saturated rings. The number of carbonyl (C=O) groups is 1. The Kier molecular flexibility index (Phi) is 5.75. The van der Waals surface area contributed by atoms with E-state index in [0.717, 1.165) is 19.5 Å². The van der Waals surface area contributed by atoms with E-state index in [1.165, 1.54) is 22.5 Å². The number of esters is 1. The number of aryl methyl sites for hydroxylation is 1. The zero-order valence-electron chi connectivity index (χ0n) is 16.5. The first-order chi connectivity index (χ1) is 14.1. The molecule has 29 heavy (non-hydrogen) atoms. The number of nitrogens with zero attached hydrogens (tertiary/aromatic N) is 2. The molecule has 0 atom stereocenters. The standard InChI is InChI=1S/C21H23N3O4S/c1-13-17-19(25)22-16(12-24-8-7-14-5-3-4-6-15(14)11-24)23-20(17)29-18(13)21(26)28-10-9-27-2/h3-6H,7-12H2,1-2H3,(H,22,23,25). The molecule has 1 N–H and O–H groups in total. The Morgan fingerprint density at radius 3 is 2.86 bits per heavy atom. The minimum absolute atomic E-state index is 0.175. The lowest BCUT2D eigenvalue weighted by Crippen LogP contribution is -2.31. The van der Waals surface area contributed by atoms with Gasteiger partial charge in [-0.2, -0.15) is 0 Å². The van der Waals surface area contributed by atoms with Crippen LogP contribution in [0.5, 0.6) is 0 Å². The van der Waals surface area contributed by atoms with Crippen molar-refractivity contribution in [1.29, 1.82) is 0 Å². The molecule has 0 aliphatic carbocycles. The van der Waals surface area contributed by atoms with Gasteiger partial charge in [0.25, 0.3) is 5.56 Å². The lowest BCUT2D eigenvalue weighted by Gasteiger charge is -2.28. The Morgan fingerprint density at radius 2 is 2.07 bits per heavy atom. The average molecular weight is 413 g/mol. The van der Waals surface area contributed by atoms with Crippen molar-refractivity contribution in [2.45, 2.75) is 26.4 Å². The summed E-state index contributed by atoms with van der Waals surface area (Å²) in [7, 11) is 1.55. The molecule has 1 aliphatic rings. The van der Waals surface area contributed by atoms with Crippen molar-refractivity contribution in [2.75, 3.05) is 26.9 Å². The van der Waals surface area contributed by atoms with E-state index in [4.69, 9.17) is 9.47 Å². The summed E-state index contributed by atoms with van der Waals surface area (Å²) in [6, 6.07) is 8.43. The van der Waals surface area contributed by atoms with Gasteiger partial charge in [0, 0.05) is 20.2 Å². The number of hydrogen-bond donors (Lipinski definition) is 1. The van der Waals surface area contributed by atoms with Gasteiger partial charge >= 0.3 is 5.97 Å². The fourth-order valence-corrected chi connectivity index (χ4v) is 4.74. The summed E-state index contributed by atoms with van der Waals surface area (Å²) in [5, 5.41) is 0.460. The number of nitrogens with one attached hydrogen (secondary N) is 1. The van der Waals surface area contributed by atoms with E-state index < -0.39 is 5.97 Å². The molecule has 7 nitrogen and oxygen atoms in total. The highest BCUT2D eigenvalue weighted by atomic mass is 32.1. The molecule has 0 spiro atoms. The molecule has 3 heterocycles. The Labute approximate surface area is 172 Å². The highest BCUT2D eigenvalue weighted by Crippen LogP contribution is 2.28. The quantitative estimate of drug-likeness (QED) is 0.494. The summed E-state index contributed by atoms with van der Waals surface area (Å²) >= 11 is 1.20. The number of carbonyl (C=O) groups excluding carboxylic acids is 1. The van der Waals surface area contributed by atoms with Gasteiger partial charge in [-0.25, -0.2) is 9.78 Å². The predicted molar refractivity (Wildman–Crippen MR) is 111 cm³/mol. The first-order valence-corrected chi connectivity index (χ1v) is 10.4. The highest BCUT2D eigenvalue weighted by molar-refractivity contribution is 7.20. The van der Waals surface area contributed by atoms with E-state index >= 15 is 0 Å². The van der Waals surface area contributed by atoms with Gasteiger partial charge in [0.15, 0.2) is 0 Å². The van der Waals surface area contributed by atoms with E-state index in [2.05, 4.69) is 39.1 Å². The molecular formula is C21H23N3O4S. The maximum Gasteiger partial charge on any atom is 0.348 e. The smallest absolute Gasteiger partial charge is 0.348 e. The van der Waals surface area contributed by atoms with E-state index in [9.17, 15) is 9.59 Å². The van der Waals surface area contributed by atoms with Crippen LogP contribution in [-0.4, -0.2) is 47.7 Å². The number of ether oxygens (including phenoxy) is 2. The van der Waals surface area contributed by atoms with Gasteiger partial charge in [-0.1, -0.05) is 24.3 Å². The van der Waals surface area contributed by atoms with Crippen LogP contribution < -0.4 is 5.56 Å². The topological polar surface area (TPSA) is 84.5 Å². The van der Waals surface area contributed by atoms with E-state index in [-0.39, 0.29) is 12.2 Å². The lowest BCUT2D eigenvalue weighted by atomic mass is 10.00. The van der Waals surface area contributed by atoms with Gasteiger partial charge in [-0.05, 0) is 30.0 Å². The first-order valence-electron chi connectivity index (χ1n) is 9.54. The number of benzene rings is 1. The summed E-state index contributed by atoms with van der Waals surface area (Å²) in [4.78, 5) is 35.8. The molecule has 8 heteroatoms. The SMILES string of the molecule is COCCOC(=O)c1sc2nc(CN3CCc4ccccc4C3)[nH]c(=O)c2c1C. The van der Waals surface area contributed by atoms with Crippen LogP contribution in [-0.2, 0) is 29.0 Å². The predicted octanol–water partition coefficient (Wildman–Crippen LogP) is 2.65. The van der Waals surface area contributed by atoms with Gasteiger partial charge in [-0.3, -0.25) is 9.69 Å². The zero-order chi connectivity index (χ0) is 20.4. The lowest BCUT2D eigenvalue weighted by molar-refractivity contribution is 0.0393. The molecule has 0 saturated carbocycles. The van der Waals surface area contributed by atoms with Crippen molar-refractivity contribution in [3.63, 3.8) is 0 Å². The van der Waals surface area contributed by atoms with Crippen LogP contribution in [0.25, 0.3) is 10.2 Å². The Bertz CT molecular complexity index is 1100. The molecule has 0 radical (unpaired) electrons. The molecule has 4 rings (SSSR count). The van der Waals surface area contributed by atoms with Crippen LogP contribution in [0.15, 0.2) is 29.1 Å². The number of rotatable bonds is 6. The van der Waals surface area contributed by atoms with Crippen molar-refractivity contribution in [3.05, 3.63) is 62.0 Å². The maximum atomic E-state index is 12.7. The highest BCUT2D eigenvalue weighted by Gasteiger charge is 2.22. The van der Waals surface area contributed by atoms with E-state index in [0.29, 0.717) is 39.6 Å². The third kappa shape index (κ3) is 4.10. The number of H-pyrrole nitrogens is 1. The second-order valence-electron chi connectivity index (χ2n) is 7.11. The minimum Gasteiger partial charge on any atom is -0.459 e. The third-order valence-electron chi connectivity index (χ3n) is 5.14. The second kappa shape index (κ2) is 8.44. The van der Waals surface area contributed by atoms with Crippen LogP contribution in [0, 0.1) is 6.92 Å². The number of aromatic nitrogens is 2. The first kappa shape index (κ1) is 19.8. The number of thiophene rings is 1. The van der Waals surface area contributed by atoms with E-state index in [1.807, 2.05) is 0 Å². The van der Waals surface area contributed by atoms with Gasteiger partial charge in [0.1, 0.15) is 22.1 Å². The fourth-order valence-electron chi connectivity index (χ4n) is 3.64. The van der Waals surface area contributed by atoms with Crippen molar-refractivity contribution in [2.24, 2.45) is 0 Å². The van der Waals surface area contributed by atoms with Crippen LogP contribution in [0.4, 0.5) is 0 Å². The molecule has 0 amide bonds. The summed E-state index contributed by atoms with van der Waals surface area (Å²) in [6.45, 7) is 4.57. The van der Waals surface area contributed by atoms with Gasteiger partial charge in [0.05, 0.1) is 18.5 Å². The molecule has 1 aliphatic heterocycles. The molecular weight excluding hydrogens is 390 g/mol. The summed E-state index contributed by atoms with van der Waals surface area (Å²) in [5.41, 5.74) is 3.09. The van der Waals surface area contributed by atoms with Gasteiger partial charge < -0.3 is 14.5 Å². The zero-order valence-corrected chi connectivity index (χ0v) is 17.3. The minimum atomic E-state index is -0.448. The molecule has 0 unspecified atom stereocenters. The number of methoxy groups -OCH3 is 1.